The Kier molecular flexibility index (Phi) is 9.06. The van der Waals surface area contributed by atoms with Gasteiger partial charge in [0, 0.05) is 12.6 Å². The second-order valence-corrected chi connectivity index (χ2v) is 6.58. The van der Waals surface area contributed by atoms with E-state index < -0.39 is 18.1 Å². The molecule has 0 atom stereocenters. The van der Waals surface area contributed by atoms with Crippen molar-refractivity contribution in [2.45, 2.75) is 32.7 Å². The third-order valence-corrected chi connectivity index (χ3v) is 4.35. The standard InChI is InChI=1S/C18H20N2O4.C6H6/c1-2-14-10-11-20(12-16(22)23)18(24)17(14)19-15(21)9-8-13-6-4-3-5-7-13;1-2-4-6-5-3-1/h3-7,10-11H,2,8-9,12H2,1H3,(H,19,21)(H,22,23);1-6H. The Labute approximate surface area is 175 Å². The molecule has 0 spiro atoms. The van der Waals surface area contributed by atoms with Crippen LogP contribution in [0.1, 0.15) is 24.5 Å². The van der Waals surface area contributed by atoms with Gasteiger partial charge in [0.05, 0.1) is 0 Å². The number of nitrogens with one attached hydrogen (secondary N) is 1. The van der Waals surface area contributed by atoms with Crippen LogP contribution in [0.4, 0.5) is 5.69 Å². The normalized spacial score (nSPS) is 9.90. The number of nitrogens with zero attached hydrogens (tertiary/aromatic N) is 1. The zero-order valence-electron chi connectivity index (χ0n) is 17.0. The van der Waals surface area contributed by atoms with Crippen molar-refractivity contribution < 1.29 is 14.7 Å². The van der Waals surface area contributed by atoms with E-state index in [1.54, 1.807) is 6.07 Å². The van der Waals surface area contributed by atoms with Gasteiger partial charge in [-0.1, -0.05) is 73.7 Å². The molecule has 0 fully saturated rings. The molecule has 2 aromatic carbocycles. The molecular weight excluding hydrogens is 380 g/mol. The number of amides is 1. The number of carboxylic acids is 1. The van der Waals surface area contributed by atoms with Gasteiger partial charge in [0.2, 0.25) is 5.91 Å². The molecule has 1 heterocycles. The van der Waals surface area contributed by atoms with Crippen molar-refractivity contribution in [3.05, 3.63) is 100 Å². The SMILES string of the molecule is CCc1ccn(CC(=O)O)c(=O)c1NC(=O)CCc1ccccc1.c1ccccc1. The summed E-state index contributed by atoms with van der Waals surface area (Å²) in [5, 5.41) is 11.5. The van der Waals surface area contributed by atoms with Crippen molar-refractivity contribution in [1.29, 1.82) is 0 Å². The zero-order valence-corrected chi connectivity index (χ0v) is 17.0. The minimum Gasteiger partial charge on any atom is -0.480 e. The number of carbonyl (C=O) groups excluding carboxylic acids is 1. The Morgan fingerprint density at radius 2 is 1.50 bits per heavy atom. The van der Waals surface area contributed by atoms with Gasteiger partial charge in [-0.25, -0.2) is 0 Å². The number of aryl methyl sites for hydroxylation is 2. The fraction of sp³-hybridized carbons (Fsp3) is 0.208. The maximum absolute atomic E-state index is 12.4. The maximum atomic E-state index is 12.4. The van der Waals surface area contributed by atoms with Gasteiger partial charge in [-0.3, -0.25) is 14.4 Å². The molecule has 1 aromatic heterocycles. The van der Waals surface area contributed by atoms with E-state index in [1.165, 1.54) is 6.20 Å². The fourth-order valence-corrected chi connectivity index (χ4v) is 2.80. The number of aliphatic carboxylic acids is 1. The van der Waals surface area contributed by atoms with Crippen molar-refractivity contribution in [1.82, 2.24) is 4.57 Å². The van der Waals surface area contributed by atoms with Gasteiger partial charge in [-0.2, -0.15) is 0 Å². The Morgan fingerprint density at radius 3 is 2.03 bits per heavy atom. The van der Waals surface area contributed by atoms with Gasteiger partial charge in [-0.05, 0) is 30.0 Å². The highest BCUT2D eigenvalue weighted by Crippen LogP contribution is 2.12. The number of carbonyl (C=O) groups is 2. The molecule has 0 saturated heterocycles. The van der Waals surface area contributed by atoms with Crippen molar-refractivity contribution >= 4 is 17.6 Å². The largest absolute Gasteiger partial charge is 0.480 e. The van der Waals surface area contributed by atoms with Gasteiger partial charge in [-0.15, -0.1) is 0 Å². The van der Waals surface area contributed by atoms with Crippen molar-refractivity contribution in [3.63, 3.8) is 0 Å². The highest BCUT2D eigenvalue weighted by atomic mass is 16.4. The third kappa shape index (κ3) is 7.39. The monoisotopic (exact) mass is 406 g/mol. The van der Waals surface area contributed by atoms with Gasteiger partial charge >= 0.3 is 5.97 Å². The molecule has 0 saturated carbocycles. The van der Waals surface area contributed by atoms with Crippen LogP contribution in [-0.4, -0.2) is 21.6 Å². The molecule has 3 rings (SSSR count). The average molecular weight is 406 g/mol. The van der Waals surface area contributed by atoms with E-state index in [-0.39, 0.29) is 18.0 Å². The zero-order chi connectivity index (χ0) is 21.8. The lowest BCUT2D eigenvalue weighted by molar-refractivity contribution is -0.137. The maximum Gasteiger partial charge on any atom is 0.323 e. The first-order valence-corrected chi connectivity index (χ1v) is 9.79. The molecule has 2 N–H and O–H groups in total. The summed E-state index contributed by atoms with van der Waals surface area (Å²) in [6, 6.07) is 23.3. The van der Waals surface area contributed by atoms with Gasteiger partial charge in [0.1, 0.15) is 12.2 Å². The second-order valence-electron chi connectivity index (χ2n) is 6.58. The second kappa shape index (κ2) is 12.0. The number of benzene rings is 2. The quantitative estimate of drug-likeness (QED) is 0.625. The average Bonchev–Trinajstić information content (AvgIpc) is 2.77. The first-order chi connectivity index (χ1) is 14.5. The smallest absolute Gasteiger partial charge is 0.323 e. The van der Waals surface area contributed by atoms with Gasteiger partial charge in [0.25, 0.3) is 5.56 Å². The molecule has 3 aromatic rings. The predicted octanol–water partition coefficient (Wildman–Crippen LogP) is 3.75. The number of anilines is 1. The molecule has 1 amide bonds. The molecular formula is C24H26N2O4. The summed E-state index contributed by atoms with van der Waals surface area (Å²) >= 11 is 0. The number of hydrogen-bond acceptors (Lipinski definition) is 3. The predicted molar refractivity (Wildman–Crippen MR) is 118 cm³/mol. The summed E-state index contributed by atoms with van der Waals surface area (Å²) in [5.41, 5.74) is 1.40. The van der Waals surface area contributed by atoms with Crippen molar-refractivity contribution in [2.75, 3.05) is 5.32 Å². The number of rotatable bonds is 7. The van der Waals surface area contributed by atoms with E-state index in [9.17, 15) is 14.4 Å². The van der Waals surface area contributed by atoms with Crippen LogP contribution >= 0.6 is 0 Å². The molecule has 6 heteroatoms. The van der Waals surface area contributed by atoms with Crippen LogP contribution in [0.25, 0.3) is 0 Å². The van der Waals surface area contributed by atoms with Crippen LogP contribution in [0, 0.1) is 0 Å². The summed E-state index contributed by atoms with van der Waals surface area (Å²) in [6.07, 6.45) is 2.83. The fourth-order valence-electron chi connectivity index (χ4n) is 2.80. The van der Waals surface area contributed by atoms with Crippen LogP contribution in [-0.2, 0) is 29.0 Å². The molecule has 0 unspecified atom stereocenters. The lowest BCUT2D eigenvalue weighted by Gasteiger charge is -2.12. The van der Waals surface area contributed by atoms with Crippen LogP contribution in [0.3, 0.4) is 0 Å². The minimum absolute atomic E-state index is 0.166. The Balaban J connectivity index is 0.000000456. The summed E-state index contributed by atoms with van der Waals surface area (Å²) in [5.74, 6) is -1.37. The number of hydrogen-bond donors (Lipinski definition) is 2. The summed E-state index contributed by atoms with van der Waals surface area (Å²) < 4.78 is 1.08. The summed E-state index contributed by atoms with van der Waals surface area (Å²) in [6.45, 7) is 1.44. The van der Waals surface area contributed by atoms with Crippen molar-refractivity contribution in [3.8, 4) is 0 Å². The lowest BCUT2D eigenvalue weighted by Crippen LogP contribution is -2.29. The topological polar surface area (TPSA) is 88.4 Å². The van der Waals surface area contributed by atoms with Crippen molar-refractivity contribution in [2.24, 2.45) is 0 Å². The van der Waals surface area contributed by atoms with E-state index in [0.717, 1.165) is 10.1 Å². The number of carboxylic acid groups (broad SMARTS) is 1. The summed E-state index contributed by atoms with van der Waals surface area (Å²) in [4.78, 5) is 35.4. The molecule has 0 aliphatic carbocycles. The highest BCUT2D eigenvalue weighted by Gasteiger charge is 2.13. The van der Waals surface area contributed by atoms with Gasteiger partial charge < -0.3 is 15.0 Å². The van der Waals surface area contributed by atoms with Gasteiger partial charge in [0.15, 0.2) is 0 Å². The number of pyridine rings is 1. The molecule has 0 aliphatic heterocycles. The first kappa shape index (κ1) is 22.6. The Hall–Kier alpha value is -3.67. The van der Waals surface area contributed by atoms with E-state index >= 15 is 0 Å². The van der Waals surface area contributed by atoms with E-state index in [0.29, 0.717) is 18.4 Å². The van der Waals surface area contributed by atoms with E-state index in [4.69, 9.17) is 5.11 Å². The van der Waals surface area contributed by atoms with Crippen LogP contribution < -0.4 is 10.9 Å². The molecule has 156 valence electrons. The molecule has 0 aliphatic rings. The molecule has 6 nitrogen and oxygen atoms in total. The van der Waals surface area contributed by atoms with Crippen LogP contribution in [0.2, 0.25) is 0 Å². The van der Waals surface area contributed by atoms with E-state index in [2.05, 4.69) is 5.32 Å². The minimum atomic E-state index is -1.11. The van der Waals surface area contributed by atoms with Crippen LogP contribution in [0.15, 0.2) is 83.8 Å². The Morgan fingerprint density at radius 1 is 0.933 bits per heavy atom. The highest BCUT2D eigenvalue weighted by molar-refractivity contribution is 5.91. The molecule has 30 heavy (non-hydrogen) atoms. The molecule has 0 bridgehead atoms. The van der Waals surface area contributed by atoms with E-state index in [1.807, 2.05) is 73.7 Å². The Bertz CT molecular complexity index is 972. The third-order valence-electron chi connectivity index (χ3n) is 4.35. The van der Waals surface area contributed by atoms with Crippen LogP contribution in [0.5, 0.6) is 0 Å². The lowest BCUT2D eigenvalue weighted by atomic mass is 10.1. The number of aromatic nitrogens is 1. The molecule has 0 radical (unpaired) electrons. The first-order valence-electron chi connectivity index (χ1n) is 9.79. The summed E-state index contributed by atoms with van der Waals surface area (Å²) in [7, 11) is 0.